The second-order valence-corrected chi connectivity index (χ2v) is 4.76. The van der Waals surface area contributed by atoms with Crippen molar-refractivity contribution in [3.8, 4) is 0 Å². The van der Waals surface area contributed by atoms with Crippen LogP contribution in [0.4, 0.5) is 4.39 Å². The maximum Gasteiger partial charge on any atom is 0.142 e. The molecule has 16 heavy (non-hydrogen) atoms. The molecule has 0 aliphatic carbocycles. The van der Waals surface area contributed by atoms with Gasteiger partial charge in [-0.25, -0.2) is 4.39 Å². The second kappa shape index (κ2) is 6.55. The average Bonchev–Trinajstić information content (AvgIpc) is 2.20. The van der Waals surface area contributed by atoms with Crippen LogP contribution in [0.25, 0.3) is 0 Å². The van der Waals surface area contributed by atoms with Crippen molar-refractivity contribution in [3.05, 3.63) is 34.1 Å². The molecule has 0 radical (unpaired) electrons. The number of hydrogen-bond donors (Lipinski definition) is 2. The first-order chi connectivity index (χ1) is 6.95. The lowest BCUT2D eigenvalue weighted by atomic mass is 9.94. The van der Waals surface area contributed by atoms with E-state index in [9.17, 15) is 9.50 Å². The third kappa shape index (κ3) is 3.42. The highest BCUT2D eigenvalue weighted by molar-refractivity contribution is 9.10. The molecule has 0 spiro atoms. The normalized spacial score (nSPS) is 14.4. The van der Waals surface area contributed by atoms with Crippen LogP contribution < -0.4 is 5.73 Å². The molecule has 0 amide bonds. The molecule has 0 heterocycles. The van der Waals surface area contributed by atoms with Gasteiger partial charge in [0.2, 0.25) is 0 Å². The van der Waals surface area contributed by atoms with Crippen LogP contribution in [0.3, 0.4) is 0 Å². The Morgan fingerprint density at radius 3 is 2.44 bits per heavy atom. The van der Waals surface area contributed by atoms with E-state index >= 15 is 0 Å². The molecular weight excluding hydrogens is 296 g/mol. The fourth-order valence-electron chi connectivity index (χ4n) is 1.38. The Hall–Kier alpha value is -0.160. The third-order valence-corrected chi connectivity index (χ3v) is 3.00. The predicted molar refractivity (Wildman–Crippen MR) is 69.1 cm³/mol. The third-order valence-electron chi connectivity index (χ3n) is 2.39. The van der Waals surface area contributed by atoms with Crippen molar-refractivity contribution in [2.24, 2.45) is 11.7 Å². The van der Waals surface area contributed by atoms with Crippen LogP contribution in [-0.4, -0.2) is 11.2 Å². The van der Waals surface area contributed by atoms with E-state index in [2.05, 4.69) is 15.9 Å². The van der Waals surface area contributed by atoms with Crippen LogP contribution in [0.15, 0.2) is 22.7 Å². The Kier molecular flexibility index (Phi) is 6.48. The summed E-state index contributed by atoms with van der Waals surface area (Å²) in [5.74, 6) is -0.400. The summed E-state index contributed by atoms with van der Waals surface area (Å²) >= 11 is 3.09. The van der Waals surface area contributed by atoms with E-state index < -0.39 is 18.0 Å². The molecule has 2 nitrogen and oxygen atoms in total. The zero-order chi connectivity index (χ0) is 11.6. The van der Waals surface area contributed by atoms with Gasteiger partial charge in [-0.3, -0.25) is 0 Å². The molecule has 0 aromatic heterocycles. The molecule has 2 atom stereocenters. The van der Waals surface area contributed by atoms with E-state index in [-0.39, 0.29) is 18.3 Å². The molecule has 0 aliphatic rings. The van der Waals surface area contributed by atoms with Crippen LogP contribution in [0.2, 0.25) is 0 Å². The van der Waals surface area contributed by atoms with Gasteiger partial charge in [0.25, 0.3) is 0 Å². The first-order valence-corrected chi connectivity index (χ1v) is 5.62. The quantitative estimate of drug-likeness (QED) is 0.901. The SMILES string of the molecule is CC(C)[C@H](O)[C@H](N)c1cccc(Br)c1F.Cl. The number of hydrogen-bond acceptors (Lipinski definition) is 2. The van der Waals surface area contributed by atoms with Gasteiger partial charge in [0, 0.05) is 5.56 Å². The van der Waals surface area contributed by atoms with Crippen molar-refractivity contribution >= 4 is 28.3 Å². The lowest BCUT2D eigenvalue weighted by Crippen LogP contribution is -2.31. The van der Waals surface area contributed by atoms with E-state index in [1.165, 1.54) is 0 Å². The van der Waals surface area contributed by atoms with Gasteiger partial charge in [0.15, 0.2) is 0 Å². The number of nitrogens with two attached hydrogens (primary N) is 1. The maximum atomic E-state index is 13.6. The summed E-state index contributed by atoms with van der Waals surface area (Å²) in [6.07, 6.45) is -0.742. The van der Waals surface area contributed by atoms with Gasteiger partial charge in [-0.2, -0.15) is 0 Å². The molecule has 5 heteroatoms. The topological polar surface area (TPSA) is 46.2 Å². The van der Waals surface area contributed by atoms with Crippen molar-refractivity contribution < 1.29 is 9.50 Å². The monoisotopic (exact) mass is 311 g/mol. The first kappa shape index (κ1) is 15.8. The summed E-state index contributed by atoms with van der Waals surface area (Å²) in [6.45, 7) is 3.70. The molecule has 1 rings (SSSR count). The second-order valence-electron chi connectivity index (χ2n) is 3.90. The number of halogens is 3. The molecule has 1 aromatic carbocycles. The van der Waals surface area contributed by atoms with E-state index in [1.54, 1.807) is 18.2 Å². The predicted octanol–water partition coefficient (Wildman–Crippen LogP) is 3.03. The van der Waals surface area contributed by atoms with Crippen molar-refractivity contribution in [1.29, 1.82) is 0 Å². The highest BCUT2D eigenvalue weighted by atomic mass is 79.9. The summed E-state index contributed by atoms with van der Waals surface area (Å²) in [5, 5.41) is 9.76. The zero-order valence-corrected chi connectivity index (χ0v) is 11.6. The zero-order valence-electron chi connectivity index (χ0n) is 9.15. The Labute approximate surface area is 110 Å². The van der Waals surface area contributed by atoms with Gasteiger partial charge in [-0.05, 0) is 27.9 Å². The molecule has 0 unspecified atom stereocenters. The van der Waals surface area contributed by atoms with Gasteiger partial charge in [-0.15, -0.1) is 12.4 Å². The summed E-state index contributed by atoms with van der Waals surface area (Å²) < 4.78 is 14.0. The summed E-state index contributed by atoms with van der Waals surface area (Å²) in [5.41, 5.74) is 6.14. The molecule has 0 aliphatic heterocycles. The van der Waals surface area contributed by atoms with Gasteiger partial charge in [0.05, 0.1) is 16.6 Å². The molecular formula is C11H16BrClFNO. The van der Waals surface area contributed by atoms with Crippen LogP contribution >= 0.6 is 28.3 Å². The molecule has 0 saturated carbocycles. The molecule has 0 bridgehead atoms. The first-order valence-electron chi connectivity index (χ1n) is 4.82. The Morgan fingerprint density at radius 1 is 1.38 bits per heavy atom. The van der Waals surface area contributed by atoms with Crippen LogP contribution in [0.5, 0.6) is 0 Å². The standard InChI is InChI=1S/C11H15BrFNO.ClH/c1-6(2)11(15)10(14)7-4-3-5-8(12)9(7)13;/h3-6,10-11,15H,14H2,1-2H3;1H/t10-,11+;/m1./s1. The van der Waals surface area contributed by atoms with Crippen molar-refractivity contribution in [3.63, 3.8) is 0 Å². The lowest BCUT2D eigenvalue weighted by molar-refractivity contribution is 0.0966. The van der Waals surface area contributed by atoms with Gasteiger partial charge >= 0.3 is 0 Å². The van der Waals surface area contributed by atoms with Crippen LogP contribution in [0, 0.1) is 11.7 Å². The molecule has 3 N–H and O–H groups in total. The van der Waals surface area contributed by atoms with E-state index in [4.69, 9.17) is 5.73 Å². The maximum absolute atomic E-state index is 13.6. The van der Waals surface area contributed by atoms with E-state index in [1.807, 2.05) is 13.8 Å². The van der Waals surface area contributed by atoms with E-state index in [0.29, 0.717) is 10.0 Å². The minimum atomic E-state index is -0.742. The highest BCUT2D eigenvalue weighted by Crippen LogP contribution is 2.26. The molecule has 1 aromatic rings. The number of aliphatic hydroxyl groups excluding tert-OH is 1. The molecule has 0 fully saturated rings. The molecule has 92 valence electrons. The van der Waals surface area contributed by atoms with Gasteiger partial charge in [-0.1, -0.05) is 26.0 Å². The van der Waals surface area contributed by atoms with Crippen molar-refractivity contribution in [1.82, 2.24) is 0 Å². The number of benzene rings is 1. The largest absolute Gasteiger partial charge is 0.391 e. The number of aliphatic hydroxyl groups is 1. The fourth-order valence-corrected chi connectivity index (χ4v) is 1.76. The highest BCUT2D eigenvalue weighted by Gasteiger charge is 2.23. The van der Waals surface area contributed by atoms with Gasteiger partial charge < -0.3 is 10.8 Å². The van der Waals surface area contributed by atoms with E-state index in [0.717, 1.165) is 0 Å². The molecule has 0 saturated heterocycles. The Balaban J connectivity index is 0.00000225. The van der Waals surface area contributed by atoms with Crippen molar-refractivity contribution in [2.45, 2.75) is 26.0 Å². The van der Waals surface area contributed by atoms with Crippen LogP contribution in [0.1, 0.15) is 25.5 Å². The Morgan fingerprint density at radius 2 is 1.94 bits per heavy atom. The summed E-state index contributed by atoms with van der Waals surface area (Å²) in [4.78, 5) is 0. The summed E-state index contributed by atoms with van der Waals surface area (Å²) in [6, 6.07) is 4.21. The fraction of sp³-hybridized carbons (Fsp3) is 0.455. The Bertz CT molecular complexity index is 349. The van der Waals surface area contributed by atoms with Gasteiger partial charge in [0.1, 0.15) is 5.82 Å². The minimum absolute atomic E-state index is 0. The smallest absolute Gasteiger partial charge is 0.142 e. The lowest BCUT2D eigenvalue weighted by Gasteiger charge is -2.23. The van der Waals surface area contributed by atoms with Crippen LogP contribution in [-0.2, 0) is 0 Å². The summed E-state index contributed by atoms with van der Waals surface area (Å²) in [7, 11) is 0. The number of rotatable bonds is 3. The minimum Gasteiger partial charge on any atom is -0.391 e. The average molecular weight is 313 g/mol. The van der Waals surface area contributed by atoms with Crippen molar-refractivity contribution in [2.75, 3.05) is 0 Å².